The van der Waals surface area contributed by atoms with Crippen molar-refractivity contribution >= 4 is 23.4 Å². The molecule has 1 saturated carbocycles. The summed E-state index contributed by atoms with van der Waals surface area (Å²) >= 11 is 7.82. The van der Waals surface area contributed by atoms with Crippen LogP contribution < -0.4 is 0 Å². The fourth-order valence-electron chi connectivity index (χ4n) is 1.89. The van der Waals surface area contributed by atoms with E-state index in [1.807, 2.05) is 25.6 Å². The lowest BCUT2D eigenvalue weighted by Gasteiger charge is -2.08. The molecular formula is C13H15ClN4S. The van der Waals surface area contributed by atoms with Crippen molar-refractivity contribution in [1.29, 1.82) is 0 Å². The largest absolute Gasteiger partial charge is 0.261 e. The molecule has 100 valence electrons. The van der Waals surface area contributed by atoms with Gasteiger partial charge in [-0.1, -0.05) is 11.6 Å². The molecule has 19 heavy (non-hydrogen) atoms. The van der Waals surface area contributed by atoms with Crippen LogP contribution in [0.5, 0.6) is 0 Å². The predicted octanol–water partition coefficient (Wildman–Crippen LogP) is 3.51. The SMILES string of the molecule is Cc1cc(Sc2nc(C3CC3)nc(Cl)c2C)n(C)n1. The molecule has 0 atom stereocenters. The summed E-state index contributed by atoms with van der Waals surface area (Å²) in [5.74, 6) is 1.39. The van der Waals surface area contributed by atoms with Crippen molar-refractivity contribution in [3.63, 3.8) is 0 Å². The molecule has 1 aliphatic carbocycles. The molecule has 0 N–H and O–H groups in total. The van der Waals surface area contributed by atoms with Crippen LogP contribution in [0.3, 0.4) is 0 Å². The van der Waals surface area contributed by atoms with Gasteiger partial charge < -0.3 is 0 Å². The minimum absolute atomic E-state index is 0.505. The predicted molar refractivity (Wildman–Crippen MR) is 75.8 cm³/mol. The van der Waals surface area contributed by atoms with Crippen molar-refractivity contribution in [2.24, 2.45) is 7.05 Å². The first-order valence-corrected chi connectivity index (χ1v) is 7.46. The zero-order valence-corrected chi connectivity index (χ0v) is 12.7. The molecule has 0 unspecified atom stereocenters. The van der Waals surface area contributed by atoms with E-state index in [9.17, 15) is 0 Å². The van der Waals surface area contributed by atoms with Gasteiger partial charge in [0.05, 0.1) is 5.69 Å². The molecule has 2 heterocycles. The van der Waals surface area contributed by atoms with Crippen molar-refractivity contribution in [2.75, 3.05) is 0 Å². The Labute approximate surface area is 121 Å². The number of hydrogen-bond donors (Lipinski definition) is 0. The van der Waals surface area contributed by atoms with Gasteiger partial charge in [0.2, 0.25) is 0 Å². The Morgan fingerprint density at radius 2 is 2.05 bits per heavy atom. The van der Waals surface area contributed by atoms with Crippen LogP contribution in [0, 0.1) is 13.8 Å². The second-order valence-corrected chi connectivity index (χ2v) is 6.29. The highest BCUT2D eigenvalue weighted by Crippen LogP contribution is 2.40. The molecule has 0 saturated heterocycles. The monoisotopic (exact) mass is 294 g/mol. The molecule has 0 radical (unpaired) electrons. The van der Waals surface area contributed by atoms with Crippen LogP contribution in [0.15, 0.2) is 16.1 Å². The summed E-state index contributed by atoms with van der Waals surface area (Å²) in [4.78, 5) is 9.05. The molecule has 3 rings (SSSR count). The van der Waals surface area contributed by atoms with Crippen LogP contribution >= 0.6 is 23.4 Å². The van der Waals surface area contributed by atoms with Crippen LogP contribution in [-0.2, 0) is 7.05 Å². The summed E-state index contributed by atoms with van der Waals surface area (Å²) in [7, 11) is 1.94. The topological polar surface area (TPSA) is 43.6 Å². The van der Waals surface area contributed by atoms with E-state index in [0.29, 0.717) is 11.1 Å². The number of hydrogen-bond acceptors (Lipinski definition) is 4. The molecular weight excluding hydrogens is 280 g/mol. The molecule has 1 aliphatic rings. The van der Waals surface area contributed by atoms with Crippen molar-refractivity contribution in [2.45, 2.75) is 42.7 Å². The maximum atomic E-state index is 6.22. The molecule has 2 aromatic rings. The quantitative estimate of drug-likeness (QED) is 0.813. The lowest BCUT2D eigenvalue weighted by molar-refractivity contribution is 0.691. The zero-order valence-electron chi connectivity index (χ0n) is 11.1. The van der Waals surface area contributed by atoms with Crippen LogP contribution in [0.1, 0.15) is 35.8 Å². The average Bonchev–Trinajstić information content (AvgIpc) is 3.13. The Morgan fingerprint density at radius 1 is 1.32 bits per heavy atom. The van der Waals surface area contributed by atoms with Gasteiger partial charge in [-0.2, -0.15) is 5.10 Å². The summed E-state index contributed by atoms with van der Waals surface area (Å²) in [6, 6.07) is 2.05. The molecule has 0 aliphatic heterocycles. The molecule has 6 heteroatoms. The minimum Gasteiger partial charge on any atom is -0.261 e. The van der Waals surface area contributed by atoms with Gasteiger partial charge in [0.15, 0.2) is 0 Å². The van der Waals surface area contributed by atoms with Crippen molar-refractivity contribution < 1.29 is 0 Å². The van der Waals surface area contributed by atoms with Gasteiger partial charge in [0, 0.05) is 18.5 Å². The third kappa shape index (κ3) is 2.62. The molecule has 1 fully saturated rings. The van der Waals surface area contributed by atoms with Gasteiger partial charge >= 0.3 is 0 Å². The molecule has 2 aromatic heterocycles. The second-order valence-electron chi connectivity index (χ2n) is 4.93. The standard InChI is InChI=1S/C13H15ClN4S/c1-7-6-10(18(3)17-7)19-13-8(2)11(14)15-12(16-13)9-4-5-9/h6,9H,4-5H2,1-3H3. The summed E-state index contributed by atoms with van der Waals surface area (Å²) in [6.45, 7) is 3.95. The zero-order chi connectivity index (χ0) is 13.6. The first-order valence-electron chi connectivity index (χ1n) is 6.27. The van der Waals surface area contributed by atoms with E-state index in [0.717, 1.165) is 27.1 Å². The Kier molecular flexibility index (Phi) is 3.27. The molecule has 0 aromatic carbocycles. The number of rotatable bonds is 3. The lowest BCUT2D eigenvalue weighted by atomic mass is 10.3. The van der Waals surface area contributed by atoms with Gasteiger partial charge in [-0.3, -0.25) is 4.68 Å². The summed E-state index contributed by atoms with van der Waals surface area (Å²) in [5.41, 5.74) is 1.94. The van der Waals surface area contributed by atoms with Crippen molar-refractivity contribution in [3.8, 4) is 0 Å². The third-order valence-electron chi connectivity index (χ3n) is 3.16. The molecule has 0 bridgehead atoms. The fourth-order valence-corrected chi connectivity index (χ4v) is 3.11. The number of halogens is 1. The highest BCUT2D eigenvalue weighted by atomic mass is 35.5. The van der Waals surface area contributed by atoms with E-state index in [2.05, 4.69) is 21.1 Å². The number of aromatic nitrogens is 4. The van der Waals surface area contributed by atoms with Crippen molar-refractivity contribution in [1.82, 2.24) is 19.7 Å². The van der Waals surface area contributed by atoms with Gasteiger partial charge in [0.1, 0.15) is 21.0 Å². The Balaban J connectivity index is 1.97. The van der Waals surface area contributed by atoms with Crippen LogP contribution in [0.25, 0.3) is 0 Å². The first kappa shape index (κ1) is 12.9. The molecule has 4 nitrogen and oxygen atoms in total. The first-order chi connectivity index (χ1) is 9.04. The van der Waals surface area contributed by atoms with Gasteiger partial charge in [-0.05, 0) is 44.5 Å². The second kappa shape index (κ2) is 4.80. The normalized spacial score (nSPS) is 14.9. The van der Waals surface area contributed by atoms with Crippen molar-refractivity contribution in [3.05, 3.63) is 28.3 Å². The van der Waals surface area contributed by atoms with E-state index >= 15 is 0 Å². The highest BCUT2D eigenvalue weighted by Gasteiger charge is 2.28. The number of aryl methyl sites for hydroxylation is 2. The van der Waals surface area contributed by atoms with Gasteiger partial charge in [0.25, 0.3) is 0 Å². The van der Waals surface area contributed by atoms with E-state index in [1.54, 1.807) is 11.8 Å². The van der Waals surface area contributed by atoms with E-state index < -0.39 is 0 Å². The van der Waals surface area contributed by atoms with E-state index in [4.69, 9.17) is 11.6 Å². The maximum absolute atomic E-state index is 6.22. The lowest BCUT2D eigenvalue weighted by Crippen LogP contribution is -1.99. The maximum Gasteiger partial charge on any atom is 0.136 e. The van der Waals surface area contributed by atoms with E-state index in [-0.39, 0.29) is 0 Å². The van der Waals surface area contributed by atoms with Crippen LogP contribution in [0.2, 0.25) is 5.15 Å². The Morgan fingerprint density at radius 3 is 2.63 bits per heavy atom. The van der Waals surface area contributed by atoms with Crippen LogP contribution in [0.4, 0.5) is 0 Å². The molecule has 0 spiro atoms. The summed E-state index contributed by atoms with van der Waals surface area (Å²) in [6.07, 6.45) is 2.35. The Hall–Kier alpha value is -1.07. The van der Waals surface area contributed by atoms with Crippen LogP contribution in [-0.4, -0.2) is 19.7 Å². The van der Waals surface area contributed by atoms with E-state index in [1.165, 1.54) is 12.8 Å². The third-order valence-corrected chi connectivity index (χ3v) is 4.71. The summed E-state index contributed by atoms with van der Waals surface area (Å²) in [5, 5.41) is 6.92. The fraction of sp³-hybridized carbons (Fsp3) is 0.462. The molecule has 0 amide bonds. The van der Waals surface area contributed by atoms with Gasteiger partial charge in [-0.15, -0.1) is 0 Å². The summed E-state index contributed by atoms with van der Waals surface area (Å²) < 4.78 is 1.87. The minimum atomic E-state index is 0.505. The average molecular weight is 295 g/mol. The van der Waals surface area contributed by atoms with Gasteiger partial charge in [-0.25, -0.2) is 9.97 Å². The smallest absolute Gasteiger partial charge is 0.136 e. The highest BCUT2D eigenvalue weighted by molar-refractivity contribution is 7.99. The Bertz CT molecular complexity index is 634. The number of nitrogens with zero attached hydrogens (tertiary/aromatic N) is 4.